The fourth-order valence-electron chi connectivity index (χ4n) is 1.13. The van der Waals surface area contributed by atoms with Gasteiger partial charge < -0.3 is 6.15 Å². The maximum absolute atomic E-state index is 9.16. The van der Waals surface area contributed by atoms with E-state index >= 15 is 0 Å². The van der Waals surface area contributed by atoms with Gasteiger partial charge in [-0.05, 0) is 10.8 Å². The van der Waals surface area contributed by atoms with Crippen molar-refractivity contribution in [3.63, 3.8) is 0 Å². The highest BCUT2D eigenvalue weighted by atomic mass is 36.0. The van der Waals surface area contributed by atoms with Gasteiger partial charge in [0.25, 0.3) is 0 Å². The Labute approximate surface area is 103 Å². The summed E-state index contributed by atoms with van der Waals surface area (Å²) in [5.41, 5.74) is 0. The van der Waals surface area contributed by atoms with Gasteiger partial charge in [-0.25, -0.2) is 0 Å². The van der Waals surface area contributed by atoms with Crippen molar-refractivity contribution < 1.29 is 8.42 Å². The third-order valence-corrected chi connectivity index (χ3v) is 1.66. The second kappa shape index (κ2) is 6.70. The molecule has 0 heterocycles. The van der Waals surface area contributed by atoms with Crippen LogP contribution in [0.3, 0.4) is 0 Å². The summed E-state index contributed by atoms with van der Waals surface area (Å²) >= 11 is 0. The molecule has 3 N–H and O–H groups in total. The van der Waals surface area contributed by atoms with E-state index in [9.17, 15) is 0 Å². The molecule has 0 aliphatic rings. The van der Waals surface area contributed by atoms with Crippen LogP contribution in [0.15, 0.2) is 48.5 Å². The van der Waals surface area contributed by atoms with E-state index in [1.54, 1.807) is 0 Å². The molecule has 0 unspecified atom stereocenters. The van der Waals surface area contributed by atoms with Gasteiger partial charge in [0.15, 0.2) is 0 Å². The topological polar surface area (TPSA) is 69.1 Å². The predicted molar refractivity (Wildman–Crippen MR) is 69.6 cm³/mol. The Hall–Kier alpha value is -0.810. The molecule has 0 radical (unpaired) electrons. The first-order valence-corrected chi connectivity index (χ1v) is 7.18. The summed E-state index contributed by atoms with van der Waals surface area (Å²) in [7, 11) is 4.81. The molecule has 0 fully saturated rings. The summed E-state index contributed by atoms with van der Waals surface area (Å²) in [6.45, 7) is 0. The van der Waals surface area contributed by atoms with E-state index in [0.717, 1.165) is 0 Å². The van der Waals surface area contributed by atoms with Gasteiger partial charge in [-0.15, -0.1) is 0 Å². The molecule has 16 heavy (non-hydrogen) atoms. The first-order chi connectivity index (χ1) is 6.97. The summed E-state index contributed by atoms with van der Waals surface area (Å²) in [6, 6.07) is 16.7. The van der Waals surface area contributed by atoms with Crippen LogP contribution in [0, 0.1) is 0 Å². The number of hydrogen-bond donors (Lipinski definition) is 1. The Morgan fingerprint density at radius 1 is 0.750 bits per heavy atom. The summed E-state index contributed by atoms with van der Waals surface area (Å²) in [6.07, 6.45) is 0. The average Bonchev–Trinajstić information content (AvgIpc) is 2.16. The van der Waals surface area contributed by atoms with Gasteiger partial charge in [-0.1, -0.05) is 48.5 Å². The van der Waals surface area contributed by atoms with Crippen LogP contribution in [0.25, 0.3) is 10.8 Å². The van der Waals surface area contributed by atoms with E-state index in [2.05, 4.69) is 69.9 Å². The molecule has 2 rings (SSSR count). The maximum atomic E-state index is 9.16. The summed E-state index contributed by atoms with van der Waals surface area (Å²) in [5.74, 6) is 0. The minimum atomic E-state index is -3.72. The van der Waals surface area contributed by atoms with Crippen molar-refractivity contribution in [1.82, 2.24) is 6.15 Å². The third kappa shape index (κ3) is 6.63. The van der Waals surface area contributed by atoms with Gasteiger partial charge in [0, 0.05) is 21.4 Å². The Morgan fingerprint density at radius 2 is 0.938 bits per heavy atom. The number of hydrogen-bond acceptors (Lipinski definition) is 3. The van der Waals surface area contributed by atoms with Crippen molar-refractivity contribution in [2.75, 3.05) is 0 Å². The zero-order valence-corrected chi connectivity index (χ0v) is 10.6. The summed E-state index contributed by atoms with van der Waals surface area (Å²) < 4.78 is 18.3. The number of rotatable bonds is 0. The molecule has 0 aliphatic heterocycles. The van der Waals surface area contributed by atoms with Crippen molar-refractivity contribution >= 4 is 40.4 Å². The Kier molecular flexibility index (Phi) is 6.36. The number of fused-ring (bicyclic) bond motifs is 1. The smallest absolute Gasteiger partial charge is 0.317 e. The van der Waals surface area contributed by atoms with E-state index in [4.69, 9.17) is 8.42 Å². The van der Waals surface area contributed by atoms with Crippen LogP contribution in [-0.2, 0) is 8.26 Å². The molecule has 2 aromatic carbocycles. The highest BCUT2D eigenvalue weighted by Gasteiger charge is 1.88. The van der Waals surface area contributed by atoms with Gasteiger partial charge in [-0.3, -0.25) is 0 Å². The lowest BCUT2D eigenvalue weighted by atomic mass is 10.1. The van der Waals surface area contributed by atoms with Crippen molar-refractivity contribution in [3.05, 3.63) is 48.5 Å². The van der Waals surface area contributed by atoms with Crippen molar-refractivity contribution in [2.24, 2.45) is 0 Å². The van der Waals surface area contributed by atoms with Crippen LogP contribution >= 0.6 is 21.4 Å². The van der Waals surface area contributed by atoms with Gasteiger partial charge in [0.2, 0.25) is 0 Å². The van der Waals surface area contributed by atoms with E-state index in [-0.39, 0.29) is 6.15 Å². The second-order valence-electron chi connectivity index (χ2n) is 2.73. The molecule has 0 bridgehead atoms. The Morgan fingerprint density at radius 3 is 1.12 bits per heavy atom. The van der Waals surface area contributed by atoms with Crippen LogP contribution in [0.2, 0.25) is 0 Å². The van der Waals surface area contributed by atoms with Gasteiger partial charge in [-0.2, -0.15) is 8.42 Å². The molecule has 88 valence electrons. The van der Waals surface area contributed by atoms with Crippen LogP contribution in [0.4, 0.5) is 0 Å². The molecule has 6 heteroatoms. The summed E-state index contributed by atoms with van der Waals surface area (Å²) in [4.78, 5) is 0. The molecular weight excluding hydrogens is 269 g/mol. The molecular formula is C10H11Cl2NO2S. The van der Waals surface area contributed by atoms with E-state index in [1.807, 2.05) is 0 Å². The fourth-order valence-corrected chi connectivity index (χ4v) is 1.13. The highest BCUT2D eigenvalue weighted by Crippen LogP contribution is 2.11. The lowest BCUT2D eigenvalue weighted by molar-refractivity contribution is 0.621. The largest absolute Gasteiger partial charge is 0.344 e. The van der Waals surface area contributed by atoms with E-state index in [0.29, 0.717) is 0 Å². The Bertz CT molecular complexity index is 470. The minimum absolute atomic E-state index is 0. The van der Waals surface area contributed by atoms with Crippen LogP contribution in [0.5, 0.6) is 0 Å². The lowest BCUT2D eigenvalue weighted by Crippen LogP contribution is -1.67. The first kappa shape index (κ1) is 15.2. The predicted octanol–water partition coefficient (Wildman–Crippen LogP) is 3.71. The van der Waals surface area contributed by atoms with Crippen molar-refractivity contribution in [1.29, 1.82) is 0 Å². The number of benzene rings is 2. The van der Waals surface area contributed by atoms with Crippen LogP contribution in [0.1, 0.15) is 0 Å². The second-order valence-corrected chi connectivity index (χ2v) is 6.39. The highest BCUT2D eigenvalue weighted by molar-refractivity contribution is 8.31. The lowest BCUT2D eigenvalue weighted by Gasteiger charge is -1.92. The van der Waals surface area contributed by atoms with Crippen LogP contribution < -0.4 is 6.15 Å². The van der Waals surface area contributed by atoms with Crippen molar-refractivity contribution in [3.8, 4) is 0 Å². The van der Waals surface area contributed by atoms with E-state index in [1.165, 1.54) is 10.8 Å². The van der Waals surface area contributed by atoms with Crippen LogP contribution in [-0.4, -0.2) is 8.42 Å². The molecule has 3 nitrogen and oxygen atoms in total. The normalized spacial score (nSPS) is 9.88. The minimum Gasteiger partial charge on any atom is -0.344 e. The molecule has 0 atom stereocenters. The SMILES string of the molecule is N.O=S(=O)(Cl)Cl.c1ccc2ccccc2c1. The molecule has 0 spiro atoms. The molecule has 0 aromatic heterocycles. The fraction of sp³-hybridized carbons (Fsp3) is 0. The van der Waals surface area contributed by atoms with Gasteiger partial charge in [0.1, 0.15) is 0 Å². The zero-order valence-electron chi connectivity index (χ0n) is 8.31. The number of halogens is 2. The first-order valence-electron chi connectivity index (χ1n) is 4.05. The molecule has 0 saturated heterocycles. The summed E-state index contributed by atoms with van der Waals surface area (Å²) in [5, 5.41) is 2.62. The molecule has 0 amide bonds. The van der Waals surface area contributed by atoms with Crippen molar-refractivity contribution in [2.45, 2.75) is 0 Å². The van der Waals surface area contributed by atoms with Gasteiger partial charge in [0.05, 0.1) is 0 Å². The molecule has 2 aromatic rings. The van der Waals surface area contributed by atoms with Gasteiger partial charge >= 0.3 is 8.26 Å². The molecule has 0 aliphatic carbocycles. The quantitative estimate of drug-likeness (QED) is 0.748. The third-order valence-electron chi connectivity index (χ3n) is 1.66. The molecule has 0 saturated carbocycles. The standard InChI is InChI=1S/C10H8.Cl2O2S.H3N/c1-2-6-10-8-4-3-7-9(10)5-1;1-5(2,3)4;/h1-8H;;1H3. The maximum Gasteiger partial charge on any atom is 0.317 e. The monoisotopic (exact) mass is 279 g/mol. The average molecular weight is 280 g/mol. The van der Waals surface area contributed by atoms with E-state index < -0.39 is 8.26 Å². The Balaban J connectivity index is 0.000000330. The zero-order chi connectivity index (χ0) is 11.3.